The van der Waals surface area contributed by atoms with Crippen LogP contribution in [0.1, 0.15) is 26.2 Å². The van der Waals surface area contributed by atoms with Crippen molar-refractivity contribution in [2.75, 3.05) is 27.2 Å². The van der Waals surface area contributed by atoms with Crippen molar-refractivity contribution in [3.8, 4) is 0 Å². The van der Waals surface area contributed by atoms with Crippen LogP contribution in [0.4, 0.5) is 0 Å². The maximum absolute atomic E-state index is 4.54. The molecule has 1 fully saturated rings. The Morgan fingerprint density at radius 2 is 2.00 bits per heavy atom. The molecule has 0 aromatic carbocycles. The average Bonchev–Trinajstić information content (AvgIpc) is 2.30. The van der Waals surface area contributed by atoms with E-state index >= 15 is 0 Å². The molecule has 71 valence electrons. The van der Waals surface area contributed by atoms with Gasteiger partial charge in [-0.1, -0.05) is 6.42 Å². The van der Waals surface area contributed by atoms with Crippen LogP contribution in [0.2, 0.25) is 0 Å². The molecule has 12 heavy (non-hydrogen) atoms. The predicted octanol–water partition coefficient (Wildman–Crippen LogP) is 0.899. The van der Waals surface area contributed by atoms with Crippen molar-refractivity contribution in [2.45, 2.75) is 32.4 Å². The van der Waals surface area contributed by atoms with E-state index in [1.807, 2.05) is 0 Å². The highest BCUT2D eigenvalue weighted by Crippen LogP contribution is 2.07. The highest BCUT2D eigenvalue weighted by molar-refractivity contribution is 4.64. The Balaban J connectivity index is 2.37. The second-order valence-corrected chi connectivity index (χ2v) is 3.68. The molecule has 0 amide bonds. The van der Waals surface area contributed by atoms with Gasteiger partial charge in [-0.15, -0.1) is 0 Å². The molecule has 1 heterocycles. The van der Waals surface area contributed by atoms with Gasteiger partial charge in [-0.05, 0) is 33.9 Å². The predicted molar refractivity (Wildman–Crippen MR) is 50.7 cm³/mol. The lowest BCUT2D eigenvalue weighted by Crippen LogP contribution is -2.46. The van der Waals surface area contributed by atoms with Crippen LogP contribution in [0.3, 0.4) is 0 Å². The van der Waals surface area contributed by atoms with Crippen LogP contribution in [0.15, 0.2) is 0 Å². The third-order valence-electron chi connectivity index (χ3n) is 2.51. The fourth-order valence-corrected chi connectivity index (χ4v) is 1.40. The summed E-state index contributed by atoms with van der Waals surface area (Å²) < 4.78 is 0. The standard InChI is InChI=1S/C9H20N3/c1-9(11(2)3)12-8-6-4-5-7-10-12/h9H,4-8H2,1-3H3. The minimum absolute atomic E-state index is 0.447. The molecule has 0 aromatic heterocycles. The van der Waals surface area contributed by atoms with E-state index in [1.54, 1.807) is 0 Å². The van der Waals surface area contributed by atoms with Crippen LogP contribution in [0, 0.1) is 0 Å². The topological polar surface area (TPSA) is 20.6 Å². The molecule has 0 aliphatic carbocycles. The van der Waals surface area contributed by atoms with Gasteiger partial charge in [0.1, 0.15) is 0 Å². The van der Waals surface area contributed by atoms with Crippen LogP contribution >= 0.6 is 0 Å². The van der Waals surface area contributed by atoms with E-state index < -0.39 is 0 Å². The Labute approximate surface area is 75.7 Å². The summed E-state index contributed by atoms with van der Waals surface area (Å²) in [4.78, 5) is 2.20. The molecule has 0 bridgehead atoms. The van der Waals surface area contributed by atoms with Crippen LogP contribution in [-0.4, -0.2) is 43.3 Å². The summed E-state index contributed by atoms with van der Waals surface area (Å²) in [6.45, 7) is 4.34. The maximum Gasteiger partial charge on any atom is 0.0740 e. The van der Waals surface area contributed by atoms with Gasteiger partial charge in [-0.25, -0.2) is 5.01 Å². The van der Waals surface area contributed by atoms with Crippen molar-refractivity contribution in [2.24, 2.45) is 0 Å². The van der Waals surface area contributed by atoms with Crippen LogP contribution < -0.4 is 5.43 Å². The van der Waals surface area contributed by atoms with E-state index in [-0.39, 0.29) is 0 Å². The van der Waals surface area contributed by atoms with Crippen molar-refractivity contribution < 1.29 is 0 Å². The van der Waals surface area contributed by atoms with Gasteiger partial charge in [0.25, 0.3) is 0 Å². The molecule has 1 aliphatic heterocycles. The third kappa shape index (κ3) is 2.73. The maximum atomic E-state index is 4.54. The summed E-state index contributed by atoms with van der Waals surface area (Å²) >= 11 is 0. The molecule has 0 N–H and O–H groups in total. The third-order valence-corrected chi connectivity index (χ3v) is 2.51. The first-order valence-corrected chi connectivity index (χ1v) is 4.82. The zero-order valence-electron chi connectivity index (χ0n) is 8.45. The fourth-order valence-electron chi connectivity index (χ4n) is 1.40. The van der Waals surface area contributed by atoms with E-state index in [0.29, 0.717) is 6.17 Å². The van der Waals surface area contributed by atoms with E-state index in [4.69, 9.17) is 0 Å². The molecule has 0 spiro atoms. The smallest absolute Gasteiger partial charge is 0.0740 e. The van der Waals surface area contributed by atoms with Crippen molar-refractivity contribution in [1.82, 2.24) is 15.3 Å². The zero-order chi connectivity index (χ0) is 8.97. The Hall–Kier alpha value is -0.120. The molecular formula is C9H20N3. The van der Waals surface area contributed by atoms with Gasteiger partial charge in [0.15, 0.2) is 0 Å². The number of rotatable bonds is 2. The summed E-state index contributed by atoms with van der Waals surface area (Å²) in [7, 11) is 4.20. The van der Waals surface area contributed by atoms with Gasteiger partial charge in [0.05, 0.1) is 6.17 Å². The van der Waals surface area contributed by atoms with Crippen LogP contribution in [0.5, 0.6) is 0 Å². The van der Waals surface area contributed by atoms with Gasteiger partial charge in [-0.2, -0.15) is 5.43 Å². The summed E-state index contributed by atoms with van der Waals surface area (Å²) in [5, 5.41) is 2.22. The van der Waals surface area contributed by atoms with Crippen LogP contribution in [-0.2, 0) is 0 Å². The van der Waals surface area contributed by atoms with Crippen molar-refractivity contribution in [1.29, 1.82) is 0 Å². The molecule has 1 rings (SSSR count). The second kappa shape index (κ2) is 4.80. The molecule has 3 nitrogen and oxygen atoms in total. The molecule has 3 heteroatoms. The molecule has 1 aliphatic rings. The van der Waals surface area contributed by atoms with Gasteiger partial charge < -0.3 is 0 Å². The Morgan fingerprint density at radius 1 is 1.25 bits per heavy atom. The van der Waals surface area contributed by atoms with E-state index in [0.717, 1.165) is 13.1 Å². The van der Waals surface area contributed by atoms with Crippen molar-refractivity contribution >= 4 is 0 Å². The lowest BCUT2D eigenvalue weighted by molar-refractivity contribution is 0.0464. The van der Waals surface area contributed by atoms with Crippen molar-refractivity contribution in [3.63, 3.8) is 0 Å². The van der Waals surface area contributed by atoms with Crippen molar-refractivity contribution in [3.05, 3.63) is 0 Å². The lowest BCUT2D eigenvalue weighted by atomic mass is 10.2. The molecule has 1 atom stereocenters. The molecule has 0 saturated carbocycles. The molecular weight excluding hydrogens is 150 g/mol. The molecule has 0 aromatic rings. The number of nitrogens with zero attached hydrogens (tertiary/aromatic N) is 3. The number of hydrogen-bond acceptors (Lipinski definition) is 2. The van der Waals surface area contributed by atoms with Crippen LogP contribution in [0.25, 0.3) is 0 Å². The number of hydrogen-bond donors (Lipinski definition) is 0. The largest absolute Gasteiger partial charge is 0.293 e. The summed E-state index contributed by atoms with van der Waals surface area (Å²) in [5.41, 5.74) is 4.54. The Bertz CT molecular complexity index is 117. The fraction of sp³-hybridized carbons (Fsp3) is 1.00. The first-order chi connectivity index (χ1) is 5.72. The lowest BCUT2D eigenvalue weighted by Gasteiger charge is -2.31. The van der Waals surface area contributed by atoms with Gasteiger partial charge >= 0.3 is 0 Å². The van der Waals surface area contributed by atoms with E-state index in [9.17, 15) is 0 Å². The average molecular weight is 170 g/mol. The Kier molecular flexibility index (Phi) is 3.98. The van der Waals surface area contributed by atoms with E-state index in [1.165, 1.54) is 19.3 Å². The first-order valence-electron chi connectivity index (χ1n) is 4.82. The second-order valence-electron chi connectivity index (χ2n) is 3.68. The Morgan fingerprint density at radius 3 is 2.67 bits per heavy atom. The highest BCUT2D eigenvalue weighted by Gasteiger charge is 2.17. The van der Waals surface area contributed by atoms with Gasteiger partial charge in [0.2, 0.25) is 0 Å². The minimum atomic E-state index is 0.447. The zero-order valence-corrected chi connectivity index (χ0v) is 8.45. The summed E-state index contributed by atoms with van der Waals surface area (Å²) in [5.74, 6) is 0. The minimum Gasteiger partial charge on any atom is -0.293 e. The molecule has 1 radical (unpaired) electrons. The normalized spacial score (nSPS) is 24.0. The summed E-state index contributed by atoms with van der Waals surface area (Å²) in [6.07, 6.45) is 4.33. The summed E-state index contributed by atoms with van der Waals surface area (Å²) in [6, 6.07) is 0. The SMILES string of the molecule is CC(N(C)C)N1CCCCC[N]1. The van der Waals surface area contributed by atoms with Gasteiger partial charge in [0, 0.05) is 13.1 Å². The quantitative estimate of drug-likeness (QED) is 0.614. The molecule has 1 unspecified atom stereocenters. The molecule has 1 saturated heterocycles. The monoisotopic (exact) mass is 170 g/mol. The van der Waals surface area contributed by atoms with E-state index in [2.05, 4.69) is 36.4 Å². The van der Waals surface area contributed by atoms with Gasteiger partial charge in [-0.3, -0.25) is 4.90 Å². The first kappa shape index (κ1) is 9.96. The highest BCUT2D eigenvalue weighted by atomic mass is 15.6.